The lowest BCUT2D eigenvalue weighted by molar-refractivity contribution is 0.0941. The first-order valence-corrected chi connectivity index (χ1v) is 9.09. The van der Waals surface area contributed by atoms with E-state index in [0.717, 1.165) is 16.5 Å². The molecule has 0 saturated carbocycles. The lowest BCUT2D eigenvalue weighted by Gasteiger charge is -2.15. The zero-order valence-corrected chi connectivity index (χ0v) is 15.8. The maximum Gasteiger partial charge on any atom is 0.252 e. The molecule has 140 valence electrons. The summed E-state index contributed by atoms with van der Waals surface area (Å²) in [6, 6.07) is 17.4. The fraction of sp³-hybridized carbons (Fsp3) is 0.136. The first-order chi connectivity index (χ1) is 13.5. The van der Waals surface area contributed by atoms with Crippen molar-refractivity contribution < 1.29 is 4.79 Å². The molecule has 0 aliphatic carbocycles. The van der Waals surface area contributed by atoms with E-state index in [-0.39, 0.29) is 17.9 Å². The van der Waals surface area contributed by atoms with Gasteiger partial charge in [-0.25, -0.2) is 4.98 Å². The second-order valence-electron chi connectivity index (χ2n) is 6.81. The van der Waals surface area contributed by atoms with E-state index < -0.39 is 0 Å². The number of nitrogens with two attached hydrogens (primary N) is 1. The molecule has 6 nitrogen and oxygen atoms in total. The van der Waals surface area contributed by atoms with Crippen molar-refractivity contribution >= 4 is 22.8 Å². The number of carbonyl (C=O) groups is 1. The molecule has 1 atom stereocenters. The van der Waals surface area contributed by atoms with Gasteiger partial charge in [-0.3, -0.25) is 4.79 Å². The van der Waals surface area contributed by atoms with Crippen LogP contribution < -0.4 is 11.1 Å². The minimum atomic E-state index is -0.112. The van der Waals surface area contributed by atoms with Crippen molar-refractivity contribution in [2.24, 2.45) is 0 Å². The van der Waals surface area contributed by atoms with Gasteiger partial charge in [-0.05, 0) is 43.7 Å². The monoisotopic (exact) mass is 371 g/mol. The summed E-state index contributed by atoms with van der Waals surface area (Å²) in [5.41, 5.74) is 9.46. The van der Waals surface area contributed by atoms with Crippen LogP contribution in [-0.2, 0) is 0 Å². The molecular weight excluding hydrogens is 350 g/mol. The summed E-state index contributed by atoms with van der Waals surface area (Å²) in [4.78, 5) is 21.2. The van der Waals surface area contributed by atoms with Crippen LogP contribution in [-0.4, -0.2) is 20.4 Å². The summed E-state index contributed by atoms with van der Waals surface area (Å²) >= 11 is 0. The summed E-state index contributed by atoms with van der Waals surface area (Å²) in [6.07, 6.45) is 3.50. The molecule has 0 saturated heterocycles. The number of fused-ring (bicyclic) bond motifs is 1. The molecule has 1 amide bonds. The number of carbonyl (C=O) groups excluding carboxylic acids is 1. The number of hydrogen-bond donors (Lipinski definition) is 2. The Morgan fingerprint density at radius 2 is 1.96 bits per heavy atom. The van der Waals surface area contributed by atoms with E-state index in [1.54, 1.807) is 12.3 Å². The SMILES string of the molecule is Cc1cccc([C@H](C)NC(=O)c2cccc3c2ccn3-c2ccnc(N)n2)c1. The third-order valence-corrected chi connectivity index (χ3v) is 4.77. The molecule has 2 heterocycles. The Kier molecular flexibility index (Phi) is 4.53. The number of nitrogen functional groups attached to an aromatic ring is 1. The third-order valence-electron chi connectivity index (χ3n) is 4.77. The van der Waals surface area contributed by atoms with Gasteiger partial charge in [0.1, 0.15) is 5.82 Å². The highest BCUT2D eigenvalue weighted by atomic mass is 16.1. The smallest absolute Gasteiger partial charge is 0.252 e. The van der Waals surface area contributed by atoms with Crippen LogP contribution >= 0.6 is 0 Å². The molecule has 28 heavy (non-hydrogen) atoms. The normalized spacial score (nSPS) is 12.1. The van der Waals surface area contributed by atoms with Gasteiger partial charge in [0.05, 0.1) is 11.6 Å². The van der Waals surface area contributed by atoms with Crippen LogP contribution in [0, 0.1) is 6.92 Å². The van der Waals surface area contributed by atoms with Crippen molar-refractivity contribution in [1.29, 1.82) is 0 Å². The summed E-state index contributed by atoms with van der Waals surface area (Å²) < 4.78 is 1.90. The Hall–Kier alpha value is -3.67. The van der Waals surface area contributed by atoms with Crippen LogP contribution in [0.2, 0.25) is 0 Å². The quantitative estimate of drug-likeness (QED) is 0.571. The van der Waals surface area contributed by atoms with Crippen LogP contribution in [0.5, 0.6) is 0 Å². The molecule has 4 aromatic rings. The number of anilines is 1. The van der Waals surface area contributed by atoms with Gasteiger partial charge in [0.2, 0.25) is 5.95 Å². The molecule has 2 aromatic heterocycles. The average molecular weight is 371 g/mol. The van der Waals surface area contributed by atoms with Crippen molar-refractivity contribution in [1.82, 2.24) is 19.9 Å². The van der Waals surface area contributed by atoms with E-state index in [1.807, 2.05) is 67.1 Å². The molecule has 0 fully saturated rings. The molecule has 2 aromatic carbocycles. The van der Waals surface area contributed by atoms with Gasteiger partial charge >= 0.3 is 0 Å². The topological polar surface area (TPSA) is 85.8 Å². The van der Waals surface area contributed by atoms with Gasteiger partial charge in [-0.1, -0.05) is 35.9 Å². The van der Waals surface area contributed by atoms with Gasteiger partial charge < -0.3 is 15.6 Å². The molecule has 0 aliphatic heterocycles. The zero-order chi connectivity index (χ0) is 19.7. The van der Waals surface area contributed by atoms with Crippen molar-refractivity contribution in [2.45, 2.75) is 19.9 Å². The lowest BCUT2D eigenvalue weighted by atomic mass is 10.0. The Morgan fingerprint density at radius 1 is 1.14 bits per heavy atom. The van der Waals surface area contributed by atoms with Gasteiger partial charge in [-0.15, -0.1) is 0 Å². The Morgan fingerprint density at radius 3 is 2.75 bits per heavy atom. The number of benzene rings is 2. The highest BCUT2D eigenvalue weighted by molar-refractivity contribution is 6.07. The van der Waals surface area contributed by atoms with Gasteiger partial charge in [-0.2, -0.15) is 4.98 Å². The van der Waals surface area contributed by atoms with Gasteiger partial charge in [0.15, 0.2) is 0 Å². The van der Waals surface area contributed by atoms with Crippen LogP contribution in [0.1, 0.15) is 34.5 Å². The molecular formula is C22H21N5O. The molecule has 3 N–H and O–H groups in total. The molecule has 0 radical (unpaired) electrons. The van der Waals surface area contributed by atoms with Crippen LogP contribution in [0.15, 0.2) is 67.0 Å². The summed E-state index contributed by atoms with van der Waals surface area (Å²) in [6.45, 7) is 4.03. The van der Waals surface area contributed by atoms with E-state index in [1.165, 1.54) is 5.56 Å². The van der Waals surface area contributed by atoms with E-state index in [4.69, 9.17) is 5.73 Å². The van der Waals surface area contributed by atoms with Crippen LogP contribution in [0.4, 0.5) is 5.95 Å². The van der Waals surface area contributed by atoms with Crippen molar-refractivity contribution in [3.05, 3.63) is 83.7 Å². The van der Waals surface area contributed by atoms with E-state index in [0.29, 0.717) is 11.4 Å². The lowest BCUT2D eigenvalue weighted by Crippen LogP contribution is -2.26. The number of aromatic nitrogens is 3. The van der Waals surface area contributed by atoms with Crippen LogP contribution in [0.3, 0.4) is 0 Å². The van der Waals surface area contributed by atoms with Gasteiger partial charge in [0.25, 0.3) is 5.91 Å². The largest absolute Gasteiger partial charge is 0.368 e. The van der Waals surface area contributed by atoms with Crippen LogP contribution in [0.25, 0.3) is 16.7 Å². The summed E-state index contributed by atoms with van der Waals surface area (Å²) in [5.74, 6) is 0.757. The predicted octanol–water partition coefficient (Wildman–Crippen LogP) is 3.80. The Labute approximate surface area is 163 Å². The molecule has 0 spiro atoms. The maximum absolute atomic E-state index is 13.0. The zero-order valence-electron chi connectivity index (χ0n) is 15.8. The van der Waals surface area contributed by atoms with E-state index in [2.05, 4.69) is 21.4 Å². The Bertz CT molecular complexity index is 1160. The second-order valence-corrected chi connectivity index (χ2v) is 6.81. The second kappa shape index (κ2) is 7.15. The number of nitrogens with zero attached hydrogens (tertiary/aromatic N) is 3. The fourth-order valence-corrected chi connectivity index (χ4v) is 3.36. The molecule has 4 rings (SSSR count). The fourth-order valence-electron chi connectivity index (χ4n) is 3.36. The molecule has 0 bridgehead atoms. The number of aryl methyl sites for hydroxylation is 1. The first-order valence-electron chi connectivity index (χ1n) is 9.09. The molecule has 0 aliphatic rings. The predicted molar refractivity (Wildman–Crippen MR) is 110 cm³/mol. The number of amides is 1. The average Bonchev–Trinajstić information content (AvgIpc) is 3.12. The van der Waals surface area contributed by atoms with E-state index in [9.17, 15) is 4.79 Å². The van der Waals surface area contributed by atoms with Crippen molar-refractivity contribution in [3.63, 3.8) is 0 Å². The number of rotatable bonds is 4. The third kappa shape index (κ3) is 3.32. The standard InChI is InChI=1S/C22H21N5O/c1-14-5-3-6-16(13-14)15(2)25-21(28)18-7-4-8-19-17(18)10-12-27(19)20-9-11-24-22(23)26-20/h3-13,15H,1-2H3,(H,25,28)(H2,23,24,26)/t15-/m0/s1. The molecule has 0 unspecified atom stereocenters. The van der Waals surface area contributed by atoms with E-state index >= 15 is 0 Å². The summed E-state index contributed by atoms with van der Waals surface area (Å²) in [5, 5.41) is 3.95. The Balaban J connectivity index is 1.67. The highest BCUT2D eigenvalue weighted by Gasteiger charge is 2.16. The van der Waals surface area contributed by atoms with Gasteiger partial charge in [0, 0.05) is 23.3 Å². The minimum Gasteiger partial charge on any atom is -0.368 e. The highest BCUT2D eigenvalue weighted by Crippen LogP contribution is 2.24. The number of hydrogen-bond acceptors (Lipinski definition) is 4. The molecule has 6 heteroatoms. The summed E-state index contributed by atoms with van der Waals surface area (Å²) in [7, 11) is 0. The number of nitrogens with one attached hydrogen (secondary N) is 1. The maximum atomic E-state index is 13.0. The first kappa shape index (κ1) is 17.7. The van der Waals surface area contributed by atoms with Crippen molar-refractivity contribution in [2.75, 3.05) is 5.73 Å². The minimum absolute atomic E-state index is 0.0913. The van der Waals surface area contributed by atoms with Crippen molar-refractivity contribution in [3.8, 4) is 5.82 Å².